The lowest BCUT2D eigenvalue weighted by atomic mass is 10.00. The Balaban J connectivity index is 1.55. The van der Waals surface area contributed by atoms with Gasteiger partial charge in [-0.2, -0.15) is 8.42 Å². The molecule has 4 rings (SSSR count). The van der Waals surface area contributed by atoms with E-state index < -0.39 is 34.1 Å². The number of nitrogens with one attached hydrogen (secondary N) is 2. The van der Waals surface area contributed by atoms with Gasteiger partial charge in [-0.25, -0.2) is 4.98 Å². The molecule has 13 heteroatoms. The molecule has 0 aliphatic carbocycles. The van der Waals surface area contributed by atoms with E-state index in [9.17, 15) is 23.1 Å². The summed E-state index contributed by atoms with van der Waals surface area (Å²) in [7, 11) is -2.37. The Bertz CT molecular complexity index is 1780. The molecule has 2 aromatic carbocycles. The van der Waals surface area contributed by atoms with Crippen molar-refractivity contribution in [3.63, 3.8) is 0 Å². The fraction of sp³-hybridized carbons (Fsp3) is 0.353. The monoisotopic (exact) mass is 679 g/mol. The Labute approximate surface area is 280 Å². The number of pyridine rings is 1. The molecule has 0 fully saturated rings. The maximum Gasteiger partial charge on any atom is 0.306 e. The Kier molecular flexibility index (Phi) is 12.2. The van der Waals surface area contributed by atoms with Gasteiger partial charge in [0.15, 0.2) is 0 Å². The van der Waals surface area contributed by atoms with Crippen molar-refractivity contribution in [2.45, 2.75) is 58.3 Å². The van der Waals surface area contributed by atoms with Crippen LogP contribution in [0, 0.1) is 6.92 Å². The number of aromatic nitrogens is 2. The van der Waals surface area contributed by atoms with E-state index in [1.165, 1.54) is 34.4 Å². The number of rotatable bonds is 15. The normalized spacial score (nSPS) is 12.8. The molecule has 0 saturated carbocycles. The zero-order valence-electron chi connectivity index (χ0n) is 27.1. The first-order valence-corrected chi connectivity index (χ1v) is 17.9. The van der Waals surface area contributed by atoms with Crippen LogP contribution in [0.25, 0.3) is 0 Å². The molecule has 2 atom stereocenters. The minimum absolute atomic E-state index is 0.00258. The molecule has 0 bridgehead atoms. The molecule has 0 radical (unpaired) electrons. The van der Waals surface area contributed by atoms with E-state index in [1.54, 1.807) is 13.2 Å². The number of hydrogen-bond donors (Lipinski definition) is 3. The van der Waals surface area contributed by atoms with Crippen LogP contribution in [0.15, 0.2) is 72.4 Å². The highest BCUT2D eigenvalue weighted by atomic mass is 32.2. The smallest absolute Gasteiger partial charge is 0.306 e. The summed E-state index contributed by atoms with van der Waals surface area (Å²) in [6.45, 7) is 6.93. The third-order valence-electron chi connectivity index (χ3n) is 7.29. The highest BCUT2D eigenvalue weighted by Gasteiger charge is 2.25. The zero-order chi connectivity index (χ0) is 34.1. The van der Waals surface area contributed by atoms with E-state index in [1.807, 2.05) is 48.8 Å². The van der Waals surface area contributed by atoms with Crippen LogP contribution in [0.2, 0.25) is 0 Å². The number of carbonyl (C=O) groups is 2. The molecule has 11 nitrogen and oxygen atoms in total. The van der Waals surface area contributed by atoms with E-state index in [2.05, 4.69) is 40.5 Å². The van der Waals surface area contributed by atoms with Crippen LogP contribution in [0.5, 0.6) is 5.75 Å². The topological polar surface area (TPSA) is 151 Å². The summed E-state index contributed by atoms with van der Waals surface area (Å²) in [6, 6.07) is 14.7. The first-order chi connectivity index (χ1) is 22.3. The second-order valence-corrected chi connectivity index (χ2v) is 14.3. The number of aliphatic hydroxyl groups is 1. The highest BCUT2D eigenvalue weighted by Crippen LogP contribution is 2.22. The van der Waals surface area contributed by atoms with E-state index in [0.29, 0.717) is 18.9 Å². The first kappa shape index (κ1) is 35.7. The van der Waals surface area contributed by atoms with Gasteiger partial charge in [0.2, 0.25) is 0 Å². The SMILES string of the molecule is Cc1csc(CN(C)C(=O)c2cc(OS(C)(=O)=O)cc(C(=O)N[C@@H](Cc3ccccc3)[C@@H](O)CNCc3cncc(C(C)C)c3)c2)n1. The molecule has 47 heavy (non-hydrogen) atoms. The number of amides is 2. The lowest BCUT2D eigenvalue weighted by molar-refractivity contribution is 0.0784. The molecular weight excluding hydrogens is 639 g/mol. The van der Waals surface area contributed by atoms with Crippen molar-refractivity contribution in [3.05, 3.63) is 111 Å². The molecule has 3 N–H and O–H groups in total. The Morgan fingerprint density at radius 3 is 2.43 bits per heavy atom. The van der Waals surface area contributed by atoms with Crippen LogP contribution in [-0.2, 0) is 29.6 Å². The summed E-state index contributed by atoms with van der Waals surface area (Å²) in [5.41, 5.74) is 3.89. The van der Waals surface area contributed by atoms with Gasteiger partial charge in [0, 0.05) is 54.7 Å². The van der Waals surface area contributed by atoms with Gasteiger partial charge in [0.1, 0.15) is 10.8 Å². The molecular formula is C34H41N5O6S2. The van der Waals surface area contributed by atoms with E-state index in [-0.39, 0.29) is 30.0 Å². The average Bonchev–Trinajstić information content (AvgIpc) is 3.43. The van der Waals surface area contributed by atoms with Crippen LogP contribution in [0.1, 0.15) is 67.9 Å². The number of hydrogen-bond acceptors (Lipinski definition) is 10. The number of nitrogens with zero attached hydrogens (tertiary/aromatic N) is 3. The van der Waals surface area contributed by atoms with Crippen molar-refractivity contribution >= 4 is 33.3 Å². The Morgan fingerprint density at radius 2 is 1.77 bits per heavy atom. The van der Waals surface area contributed by atoms with Gasteiger partial charge in [-0.1, -0.05) is 50.2 Å². The fourth-order valence-corrected chi connectivity index (χ4v) is 6.15. The lowest BCUT2D eigenvalue weighted by Crippen LogP contribution is -2.48. The second kappa shape index (κ2) is 16.1. The average molecular weight is 680 g/mol. The number of thiazole rings is 1. The Morgan fingerprint density at radius 1 is 1.04 bits per heavy atom. The standard InChI is InChI=1S/C34H41N5O6S2/c1-22(2)28-11-25(16-35-18-28)17-36-19-31(40)30(12-24-9-7-6-8-10-24)38-33(41)26-13-27(15-29(14-26)45-47(5,43)44)34(42)39(4)20-32-37-23(3)21-46-32/h6-11,13-16,18,21-22,30-31,36,40H,12,17,19-20H2,1-5H3,(H,38,41)/t30-,31-/m0/s1. The van der Waals surface area contributed by atoms with E-state index in [4.69, 9.17) is 4.18 Å². The van der Waals surface area contributed by atoms with Crippen molar-refractivity contribution < 1.29 is 27.3 Å². The summed E-state index contributed by atoms with van der Waals surface area (Å²) >= 11 is 1.42. The number of aliphatic hydroxyl groups excluding tert-OH is 1. The summed E-state index contributed by atoms with van der Waals surface area (Å²) in [6.07, 6.45) is 3.82. The third-order valence-corrected chi connectivity index (χ3v) is 8.74. The van der Waals surface area contributed by atoms with Crippen molar-refractivity contribution in [1.29, 1.82) is 0 Å². The number of aryl methyl sites for hydroxylation is 1. The summed E-state index contributed by atoms with van der Waals surface area (Å²) < 4.78 is 29.1. The highest BCUT2D eigenvalue weighted by molar-refractivity contribution is 7.86. The van der Waals surface area contributed by atoms with Gasteiger partial charge in [-0.15, -0.1) is 11.3 Å². The summed E-state index contributed by atoms with van der Waals surface area (Å²) in [4.78, 5) is 37.3. The van der Waals surface area contributed by atoms with Gasteiger partial charge < -0.3 is 24.8 Å². The molecule has 0 spiro atoms. The molecule has 0 saturated heterocycles. The predicted molar refractivity (Wildman–Crippen MR) is 182 cm³/mol. The molecule has 0 aliphatic rings. The zero-order valence-corrected chi connectivity index (χ0v) is 28.8. The quantitative estimate of drug-likeness (QED) is 0.158. The maximum absolute atomic E-state index is 13.7. The molecule has 2 heterocycles. The minimum Gasteiger partial charge on any atom is -0.390 e. The summed E-state index contributed by atoms with van der Waals surface area (Å²) in [5.74, 6) is -0.906. The van der Waals surface area contributed by atoms with Crippen molar-refractivity contribution in [2.24, 2.45) is 0 Å². The molecule has 250 valence electrons. The fourth-order valence-electron chi connectivity index (χ4n) is 4.88. The number of carbonyl (C=O) groups excluding carboxylic acids is 2. The second-order valence-electron chi connectivity index (χ2n) is 11.8. The summed E-state index contributed by atoms with van der Waals surface area (Å²) in [5, 5.41) is 20.1. The maximum atomic E-state index is 13.7. The molecule has 0 aliphatic heterocycles. The van der Waals surface area contributed by atoms with Crippen molar-refractivity contribution in [1.82, 2.24) is 25.5 Å². The molecule has 0 unspecified atom stereocenters. The van der Waals surface area contributed by atoms with Crippen LogP contribution < -0.4 is 14.8 Å². The lowest BCUT2D eigenvalue weighted by Gasteiger charge is -2.25. The van der Waals surface area contributed by atoms with Crippen LogP contribution >= 0.6 is 11.3 Å². The minimum atomic E-state index is -3.96. The largest absolute Gasteiger partial charge is 0.390 e. The van der Waals surface area contributed by atoms with Crippen molar-refractivity contribution in [2.75, 3.05) is 19.8 Å². The van der Waals surface area contributed by atoms with Gasteiger partial charge in [-0.05, 0) is 54.2 Å². The van der Waals surface area contributed by atoms with Crippen molar-refractivity contribution in [3.8, 4) is 5.75 Å². The van der Waals surface area contributed by atoms with E-state index >= 15 is 0 Å². The number of benzene rings is 2. The predicted octanol–water partition coefficient (Wildman–Crippen LogP) is 4.07. The van der Waals surface area contributed by atoms with Gasteiger partial charge in [-0.3, -0.25) is 14.6 Å². The van der Waals surface area contributed by atoms with Crippen LogP contribution in [-0.4, -0.2) is 72.2 Å². The van der Waals surface area contributed by atoms with Crippen LogP contribution in [0.4, 0.5) is 0 Å². The van der Waals surface area contributed by atoms with Gasteiger partial charge in [0.25, 0.3) is 11.8 Å². The third kappa shape index (κ3) is 11.0. The first-order valence-electron chi connectivity index (χ1n) is 15.2. The molecule has 2 aromatic heterocycles. The molecule has 4 aromatic rings. The van der Waals surface area contributed by atoms with Gasteiger partial charge >= 0.3 is 10.1 Å². The van der Waals surface area contributed by atoms with E-state index in [0.717, 1.165) is 33.6 Å². The Hall–Kier alpha value is -4.17. The van der Waals surface area contributed by atoms with Gasteiger partial charge in [0.05, 0.1) is 24.9 Å². The molecule has 2 amide bonds. The van der Waals surface area contributed by atoms with Crippen LogP contribution in [0.3, 0.4) is 0 Å².